The van der Waals surface area contributed by atoms with E-state index in [4.69, 9.17) is 5.11 Å². The Balaban J connectivity index is 1.62. The molecule has 2 unspecified atom stereocenters. The molecule has 3 rings (SSSR count). The van der Waals surface area contributed by atoms with Crippen LogP contribution in [-0.4, -0.2) is 41.0 Å². The highest BCUT2D eigenvalue weighted by atomic mass is 16.3. The molecule has 1 heterocycles. The van der Waals surface area contributed by atoms with Crippen molar-refractivity contribution in [1.29, 1.82) is 0 Å². The van der Waals surface area contributed by atoms with Crippen molar-refractivity contribution in [3.8, 4) is 0 Å². The van der Waals surface area contributed by atoms with Crippen LogP contribution in [0.25, 0.3) is 0 Å². The first-order valence-electron chi connectivity index (χ1n) is 9.44. The van der Waals surface area contributed by atoms with Gasteiger partial charge in [0.1, 0.15) is 0 Å². The second-order valence-corrected chi connectivity index (χ2v) is 7.22. The first-order chi connectivity index (χ1) is 12.2. The first-order valence-corrected chi connectivity index (χ1v) is 9.44. The summed E-state index contributed by atoms with van der Waals surface area (Å²) in [6.45, 7) is 0.660. The van der Waals surface area contributed by atoms with E-state index in [1.807, 2.05) is 35.2 Å². The Morgan fingerprint density at radius 2 is 1.96 bits per heavy atom. The summed E-state index contributed by atoms with van der Waals surface area (Å²) in [4.78, 5) is 27.0. The zero-order valence-electron chi connectivity index (χ0n) is 14.7. The van der Waals surface area contributed by atoms with E-state index in [0.717, 1.165) is 18.4 Å². The number of carbonyl (C=O) groups is 2. The van der Waals surface area contributed by atoms with Crippen LogP contribution in [0.15, 0.2) is 30.3 Å². The minimum absolute atomic E-state index is 0.0411. The van der Waals surface area contributed by atoms with Gasteiger partial charge in [-0.3, -0.25) is 9.59 Å². The molecule has 5 nitrogen and oxygen atoms in total. The van der Waals surface area contributed by atoms with Gasteiger partial charge in [0, 0.05) is 25.6 Å². The normalized spacial score (nSPS) is 22.4. The van der Waals surface area contributed by atoms with E-state index in [0.29, 0.717) is 31.8 Å². The summed E-state index contributed by atoms with van der Waals surface area (Å²) < 4.78 is 0. The van der Waals surface area contributed by atoms with Crippen LogP contribution in [0, 0.1) is 5.92 Å². The number of likely N-dealkylation sites (tertiary alicyclic amines) is 1. The lowest BCUT2D eigenvalue weighted by Crippen LogP contribution is -2.38. The van der Waals surface area contributed by atoms with Crippen molar-refractivity contribution in [2.24, 2.45) is 5.92 Å². The van der Waals surface area contributed by atoms with Crippen molar-refractivity contribution in [3.05, 3.63) is 35.9 Å². The molecule has 1 saturated carbocycles. The van der Waals surface area contributed by atoms with Crippen LogP contribution < -0.4 is 5.32 Å². The summed E-state index contributed by atoms with van der Waals surface area (Å²) in [5, 5.41) is 12.2. The quantitative estimate of drug-likeness (QED) is 0.798. The van der Waals surface area contributed by atoms with E-state index in [1.165, 1.54) is 12.8 Å². The number of nitrogens with one attached hydrogen (secondary N) is 1. The molecule has 2 aliphatic rings. The van der Waals surface area contributed by atoms with Crippen LogP contribution in [0.4, 0.5) is 0 Å². The van der Waals surface area contributed by atoms with Crippen molar-refractivity contribution in [2.75, 3.05) is 13.2 Å². The third kappa shape index (κ3) is 4.40. The fourth-order valence-electron chi connectivity index (χ4n) is 4.07. The maximum atomic E-state index is 12.7. The second-order valence-electron chi connectivity index (χ2n) is 7.22. The molecule has 1 aliphatic carbocycles. The molecule has 0 radical (unpaired) electrons. The maximum Gasteiger partial charge on any atom is 0.225 e. The van der Waals surface area contributed by atoms with Crippen molar-refractivity contribution >= 4 is 11.8 Å². The molecule has 25 heavy (non-hydrogen) atoms. The number of rotatable bonds is 7. The Morgan fingerprint density at radius 1 is 1.24 bits per heavy atom. The maximum absolute atomic E-state index is 12.7. The van der Waals surface area contributed by atoms with Crippen LogP contribution in [0.5, 0.6) is 0 Å². The smallest absolute Gasteiger partial charge is 0.225 e. The Labute approximate surface area is 149 Å². The number of amides is 2. The van der Waals surface area contributed by atoms with Gasteiger partial charge in [0.2, 0.25) is 11.8 Å². The number of hydrogen-bond donors (Lipinski definition) is 2. The van der Waals surface area contributed by atoms with Gasteiger partial charge in [0.25, 0.3) is 0 Å². The largest absolute Gasteiger partial charge is 0.396 e. The van der Waals surface area contributed by atoms with Gasteiger partial charge in [0.15, 0.2) is 0 Å². The predicted octanol–water partition coefficient (Wildman–Crippen LogP) is 2.41. The average molecular weight is 344 g/mol. The van der Waals surface area contributed by atoms with E-state index in [-0.39, 0.29) is 30.4 Å². The summed E-state index contributed by atoms with van der Waals surface area (Å²) in [5.74, 6) is -0.173. The fraction of sp³-hybridized carbons (Fsp3) is 0.600. The lowest BCUT2D eigenvalue weighted by molar-refractivity contribution is -0.130. The number of hydrogen-bond acceptors (Lipinski definition) is 3. The molecule has 1 aliphatic heterocycles. The highest BCUT2D eigenvalue weighted by Crippen LogP contribution is 2.30. The van der Waals surface area contributed by atoms with Gasteiger partial charge < -0.3 is 15.3 Å². The van der Waals surface area contributed by atoms with Gasteiger partial charge in [-0.25, -0.2) is 0 Å². The average Bonchev–Trinajstić information content (AvgIpc) is 3.28. The minimum Gasteiger partial charge on any atom is -0.396 e. The Kier molecular flexibility index (Phi) is 6.08. The van der Waals surface area contributed by atoms with E-state index < -0.39 is 0 Å². The minimum atomic E-state index is -0.256. The molecule has 1 aromatic rings. The zero-order chi connectivity index (χ0) is 17.6. The third-order valence-electron chi connectivity index (χ3n) is 5.46. The molecule has 5 heteroatoms. The van der Waals surface area contributed by atoms with Crippen LogP contribution >= 0.6 is 0 Å². The number of aliphatic hydroxyl groups is 1. The van der Waals surface area contributed by atoms with Crippen molar-refractivity contribution < 1.29 is 14.7 Å². The van der Waals surface area contributed by atoms with Gasteiger partial charge in [0.05, 0.1) is 12.0 Å². The second kappa shape index (κ2) is 8.48. The van der Waals surface area contributed by atoms with Crippen LogP contribution in [0.3, 0.4) is 0 Å². The summed E-state index contributed by atoms with van der Waals surface area (Å²) in [6, 6.07) is 10.1. The fourth-order valence-corrected chi connectivity index (χ4v) is 4.07. The highest BCUT2D eigenvalue weighted by molar-refractivity contribution is 5.89. The molecule has 2 fully saturated rings. The van der Waals surface area contributed by atoms with Crippen molar-refractivity contribution in [3.63, 3.8) is 0 Å². The molecule has 2 atom stereocenters. The Morgan fingerprint density at radius 3 is 2.64 bits per heavy atom. The first kappa shape index (κ1) is 17.9. The van der Waals surface area contributed by atoms with Gasteiger partial charge in [-0.05, 0) is 31.2 Å². The molecule has 136 valence electrons. The Hall–Kier alpha value is -1.88. The molecule has 0 aromatic heterocycles. The predicted molar refractivity (Wildman–Crippen MR) is 95.7 cm³/mol. The van der Waals surface area contributed by atoms with Gasteiger partial charge in [-0.1, -0.05) is 43.2 Å². The van der Waals surface area contributed by atoms with E-state index >= 15 is 0 Å². The third-order valence-corrected chi connectivity index (χ3v) is 5.46. The molecule has 2 amide bonds. The summed E-state index contributed by atoms with van der Waals surface area (Å²) in [5.41, 5.74) is 1.04. The number of carbonyl (C=O) groups excluding carboxylic acids is 2. The van der Waals surface area contributed by atoms with Gasteiger partial charge in [-0.2, -0.15) is 0 Å². The van der Waals surface area contributed by atoms with E-state index in [1.54, 1.807) is 0 Å². The highest BCUT2D eigenvalue weighted by Gasteiger charge is 2.39. The lowest BCUT2D eigenvalue weighted by Gasteiger charge is -2.24. The Bertz CT molecular complexity index is 584. The molecule has 1 aromatic carbocycles. The van der Waals surface area contributed by atoms with Crippen LogP contribution in [-0.2, 0) is 9.59 Å². The van der Waals surface area contributed by atoms with Crippen molar-refractivity contribution in [2.45, 2.75) is 57.0 Å². The molecule has 1 saturated heterocycles. The van der Waals surface area contributed by atoms with Gasteiger partial charge >= 0.3 is 0 Å². The number of nitrogens with zero attached hydrogens (tertiary/aromatic N) is 1. The SMILES string of the molecule is O=C(NC(CCCO)c1ccccc1)C1CC(=O)N(C2CCCC2)C1. The van der Waals surface area contributed by atoms with Crippen molar-refractivity contribution in [1.82, 2.24) is 10.2 Å². The summed E-state index contributed by atoms with van der Waals surface area (Å²) >= 11 is 0. The lowest BCUT2D eigenvalue weighted by atomic mass is 10.00. The number of benzene rings is 1. The molecular weight excluding hydrogens is 316 g/mol. The zero-order valence-corrected chi connectivity index (χ0v) is 14.7. The van der Waals surface area contributed by atoms with E-state index in [9.17, 15) is 9.59 Å². The standard InChI is InChI=1S/C20H28N2O3/c23-12-6-11-18(15-7-2-1-3-8-15)21-20(25)16-13-19(24)22(14-16)17-9-4-5-10-17/h1-3,7-8,16-18,23H,4-6,9-14H2,(H,21,25). The summed E-state index contributed by atoms with van der Waals surface area (Å²) in [6.07, 6.45) is 6.16. The monoisotopic (exact) mass is 344 g/mol. The van der Waals surface area contributed by atoms with Gasteiger partial charge in [-0.15, -0.1) is 0 Å². The van der Waals surface area contributed by atoms with Crippen LogP contribution in [0.1, 0.15) is 56.6 Å². The van der Waals surface area contributed by atoms with Crippen LogP contribution in [0.2, 0.25) is 0 Å². The topological polar surface area (TPSA) is 69.6 Å². The van der Waals surface area contributed by atoms with E-state index in [2.05, 4.69) is 5.32 Å². The molecular formula is C20H28N2O3. The molecule has 0 bridgehead atoms. The molecule has 0 spiro atoms. The molecule has 2 N–H and O–H groups in total. The number of aliphatic hydroxyl groups excluding tert-OH is 1. The summed E-state index contributed by atoms with van der Waals surface area (Å²) in [7, 11) is 0.